The van der Waals surface area contributed by atoms with Crippen LogP contribution in [0.3, 0.4) is 0 Å². The lowest BCUT2D eigenvalue weighted by Gasteiger charge is -2.33. The molecule has 0 spiro atoms. The topological polar surface area (TPSA) is 32.3 Å². The third-order valence-corrected chi connectivity index (χ3v) is 4.49. The van der Waals surface area contributed by atoms with Crippen molar-refractivity contribution in [3.63, 3.8) is 0 Å². The molecular formula is C13H18N2OS. The van der Waals surface area contributed by atoms with Crippen molar-refractivity contribution in [1.29, 1.82) is 0 Å². The molecule has 2 rings (SSSR count). The van der Waals surface area contributed by atoms with Gasteiger partial charge in [0.2, 0.25) is 0 Å². The van der Waals surface area contributed by atoms with E-state index in [1.54, 1.807) is 0 Å². The molecule has 1 atom stereocenters. The lowest BCUT2D eigenvalue weighted by atomic mass is 10.2. The van der Waals surface area contributed by atoms with Gasteiger partial charge in [-0.05, 0) is 32.9 Å². The summed E-state index contributed by atoms with van der Waals surface area (Å²) < 4.78 is 0. The molecule has 3 nitrogen and oxygen atoms in total. The quantitative estimate of drug-likeness (QED) is 0.828. The second-order valence-corrected chi connectivity index (χ2v) is 6.39. The van der Waals surface area contributed by atoms with Gasteiger partial charge in [0.1, 0.15) is 0 Å². The summed E-state index contributed by atoms with van der Waals surface area (Å²) in [6, 6.07) is 9.84. The molecule has 0 radical (unpaired) electrons. The summed E-state index contributed by atoms with van der Waals surface area (Å²) >= 11 is 1.82. The number of nitrogens with zero attached hydrogens (tertiary/aromatic N) is 1. The summed E-state index contributed by atoms with van der Waals surface area (Å²) in [6.07, 6.45) is 0. The van der Waals surface area contributed by atoms with Gasteiger partial charge in [-0.25, -0.2) is 4.79 Å². The normalized spacial score (nSPS) is 22.5. The Morgan fingerprint density at radius 3 is 2.59 bits per heavy atom. The summed E-state index contributed by atoms with van der Waals surface area (Å²) in [5, 5.41) is 2.94. The van der Waals surface area contributed by atoms with E-state index in [1.807, 2.05) is 47.0 Å². The van der Waals surface area contributed by atoms with Crippen molar-refractivity contribution in [2.75, 3.05) is 11.1 Å². The van der Waals surface area contributed by atoms with E-state index in [0.29, 0.717) is 0 Å². The Bertz CT molecular complexity index is 405. The van der Waals surface area contributed by atoms with E-state index in [1.165, 1.54) is 0 Å². The number of para-hydroxylation sites is 1. The number of urea groups is 1. The fourth-order valence-corrected chi connectivity index (χ4v) is 3.35. The van der Waals surface area contributed by atoms with E-state index >= 15 is 0 Å². The van der Waals surface area contributed by atoms with Gasteiger partial charge in [-0.1, -0.05) is 18.2 Å². The molecule has 1 aliphatic heterocycles. The molecule has 1 fully saturated rings. The second kappa shape index (κ2) is 4.61. The molecule has 17 heavy (non-hydrogen) atoms. The van der Waals surface area contributed by atoms with Crippen molar-refractivity contribution in [2.24, 2.45) is 0 Å². The maximum atomic E-state index is 12.2. The van der Waals surface area contributed by atoms with Crippen molar-refractivity contribution < 1.29 is 4.79 Å². The first-order chi connectivity index (χ1) is 8.00. The minimum absolute atomic E-state index is 0.0151. The molecule has 0 aliphatic carbocycles. The number of nitrogens with one attached hydrogen (secondary N) is 1. The third-order valence-electron chi connectivity index (χ3n) is 2.94. The van der Waals surface area contributed by atoms with E-state index in [9.17, 15) is 4.79 Å². The molecule has 1 aromatic carbocycles. The Labute approximate surface area is 107 Å². The van der Waals surface area contributed by atoms with Gasteiger partial charge in [-0.3, -0.25) is 0 Å². The molecule has 1 saturated heterocycles. The minimum Gasteiger partial charge on any atom is -0.308 e. The predicted octanol–water partition coefficient (Wildman–Crippen LogP) is 3.39. The van der Waals surface area contributed by atoms with Crippen molar-refractivity contribution in [2.45, 2.75) is 31.7 Å². The van der Waals surface area contributed by atoms with E-state index in [4.69, 9.17) is 0 Å². The zero-order chi connectivity index (χ0) is 12.5. The van der Waals surface area contributed by atoms with Crippen LogP contribution in [0, 0.1) is 0 Å². The van der Waals surface area contributed by atoms with E-state index in [2.05, 4.69) is 26.1 Å². The van der Waals surface area contributed by atoms with Crippen LogP contribution >= 0.6 is 11.8 Å². The predicted molar refractivity (Wildman–Crippen MR) is 73.3 cm³/mol. The van der Waals surface area contributed by atoms with Crippen molar-refractivity contribution >= 4 is 23.5 Å². The molecule has 4 heteroatoms. The third kappa shape index (κ3) is 2.57. The first-order valence-corrected chi connectivity index (χ1v) is 6.78. The second-order valence-electron chi connectivity index (χ2n) is 4.77. The van der Waals surface area contributed by atoms with Gasteiger partial charge < -0.3 is 10.2 Å². The van der Waals surface area contributed by atoms with Gasteiger partial charge in [0.05, 0.1) is 4.87 Å². The summed E-state index contributed by atoms with van der Waals surface area (Å²) in [5.41, 5.74) is 0.845. The van der Waals surface area contributed by atoms with Crippen molar-refractivity contribution in [3.05, 3.63) is 30.3 Å². The maximum absolute atomic E-state index is 12.2. The van der Waals surface area contributed by atoms with Gasteiger partial charge in [0, 0.05) is 17.5 Å². The molecule has 1 unspecified atom stereocenters. The van der Waals surface area contributed by atoms with Crippen LogP contribution in [0.15, 0.2) is 30.3 Å². The Morgan fingerprint density at radius 1 is 1.41 bits per heavy atom. The van der Waals surface area contributed by atoms with Gasteiger partial charge in [-0.15, -0.1) is 11.8 Å². The molecular weight excluding hydrogens is 232 g/mol. The van der Waals surface area contributed by atoms with Crippen LogP contribution in [0.1, 0.15) is 20.8 Å². The number of hydrogen-bond acceptors (Lipinski definition) is 2. The van der Waals surface area contributed by atoms with Gasteiger partial charge in [0.15, 0.2) is 0 Å². The Kier molecular flexibility index (Phi) is 3.33. The molecule has 92 valence electrons. The fourth-order valence-electron chi connectivity index (χ4n) is 2.15. The van der Waals surface area contributed by atoms with E-state index < -0.39 is 0 Å². The molecule has 1 N–H and O–H groups in total. The van der Waals surface area contributed by atoms with Gasteiger partial charge >= 0.3 is 6.03 Å². The molecule has 1 aliphatic rings. The van der Waals surface area contributed by atoms with Crippen LogP contribution in [0.25, 0.3) is 0 Å². The number of benzene rings is 1. The molecule has 0 aromatic heterocycles. The summed E-state index contributed by atoms with van der Waals surface area (Å²) in [4.78, 5) is 14.0. The molecule has 2 amide bonds. The minimum atomic E-state index is -0.127. The lowest BCUT2D eigenvalue weighted by Crippen LogP contribution is -2.47. The van der Waals surface area contributed by atoms with Crippen molar-refractivity contribution in [1.82, 2.24) is 4.90 Å². The molecule has 0 saturated carbocycles. The van der Waals surface area contributed by atoms with Gasteiger partial charge in [-0.2, -0.15) is 0 Å². The zero-order valence-electron chi connectivity index (χ0n) is 10.4. The monoisotopic (exact) mass is 250 g/mol. The average molecular weight is 250 g/mol. The Morgan fingerprint density at radius 2 is 2.06 bits per heavy atom. The molecule has 1 heterocycles. The first kappa shape index (κ1) is 12.3. The van der Waals surface area contributed by atoms with Crippen LogP contribution < -0.4 is 5.32 Å². The summed E-state index contributed by atoms with van der Waals surface area (Å²) in [5.74, 6) is 0.995. The Balaban J connectivity index is 2.10. The standard InChI is InChI=1S/C13H18N2OS/c1-10-9-17-13(2,3)15(10)12(16)14-11-7-5-4-6-8-11/h4-8,10H,9H2,1-3H3,(H,14,16). The Hall–Kier alpha value is -1.16. The van der Waals surface area contributed by atoms with Crippen LogP contribution in [0.2, 0.25) is 0 Å². The van der Waals surface area contributed by atoms with Gasteiger partial charge in [0.25, 0.3) is 0 Å². The van der Waals surface area contributed by atoms with Crippen LogP contribution in [-0.2, 0) is 0 Å². The van der Waals surface area contributed by atoms with Crippen LogP contribution in [0.5, 0.6) is 0 Å². The SMILES string of the molecule is CC1CSC(C)(C)N1C(=O)Nc1ccccc1. The average Bonchev–Trinajstić information content (AvgIpc) is 2.54. The summed E-state index contributed by atoms with van der Waals surface area (Å²) in [6.45, 7) is 6.27. The highest BCUT2D eigenvalue weighted by atomic mass is 32.2. The van der Waals surface area contributed by atoms with E-state index in [0.717, 1.165) is 11.4 Å². The largest absolute Gasteiger partial charge is 0.323 e. The highest BCUT2D eigenvalue weighted by Gasteiger charge is 2.41. The number of thioether (sulfide) groups is 1. The highest BCUT2D eigenvalue weighted by Crippen LogP contribution is 2.38. The number of hydrogen-bond donors (Lipinski definition) is 1. The smallest absolute Gasteiger partial charge is 0.308 e. The maximum Gasteiger partial charge on any atom is 0.323 e. The van der Waals surface area contributed by atoms with Crippen molar-refractivity contribution in [3.8, 4) is 0 Å². The number of carbonyl (C=O) groups is 1. The number of rotatable bonds is 1. The fraction of sp³-hybridized carbons (Fsp3) is 0.462. The number of carbonyl (C=O) groups excluding carboxylic acids is 1. The molecule has 1 aromatic rings. The number of anilines is 1. The van der Waals surface area contributed by atoms with Crippen LogP contribution in [0.4, 0.5) is 10.5 Å². The molecule has 0 bridgehead atoms. The van der Waals surface area contributed by atoms with E-state index in [-0.39, 0.29) is 16.9 Å². The summed E-state index contributed by atoms with van der Waals surface area (Å²) in [7, 11) is 0. The number of amides is 2. The highest BCUT2D eigenvalue weighted by molar-refractivity contribution is 8.00. The first-order valence-electron chi connectivity index (χ1n) is 5.80. The lowest BCUT2D eigenvalue weighted by molar-refractivity contribution is 0.177. The zero-order valence-corrected chi connectivity index (χ0v) is 11.3. The van der Waals surface area contributed by atoms with Crippen LogP contribution in [-0.4, -0.2) is 27.6 Å².